The van der Waals surface area contributed by atoms with Gasteiger partial charge in [-0.25, -0.2) is 0 Å². The summed E-state index contributed by atoms with van der Waals surface area (Å²) in [6.45, 7) is 5.71. The van der Waals surface area contributed by atoms with Gasteiger partial charge in [-0.1, -0.05) is 13.8 Å². The first-order valence-electron chi connectivity index (χ1n) is 5.81. The predicted molar refractivity (Wildman–Crippen MR) is 56.4 cm³/mol. The molecular formula is C12H23N. The van der Waals surface area contributed by atoms with Gasteiger partial charge in [-0.2, -0.15) is 0 Å². The fourth-order valence-corrected chi connectivity index (χ4v) is 3.88. The molecule has 76 valence electrons. The summed E-state index contributed by atoms with van der Waals surface area (Å²) in [6, 6.07) is 0. The molecule has 0 saturated heterocycles. The molecule has 2 saturated carbocycles. The van der Waals surface area contributed by atoms with Crippen LogP contribution in [0.1, 0.15) is 46.0 Å². The van der Waals surface area contributed by atoms with Crippen LogP contribution in [0.2, 0.25) is 0 Å². The summed E-state index contributed by atoms with van der Waals surface area (Å²) in [5.74, 6) is 2.97. The van der Waals surface area contributed by atoms with Gasteiger partial charge in [-0.15, -0.1) is 0 Å². The maximum absolute atomic E-state index is 5.88. The van der Waals surface area contributed by atoms with E-state index < -0.39 is 0 Å². The average molecular weight is 181 g/mol. The Morgan fingerprint density at radius 3 is 2.15 bits per heavy atom. The minimum atomic E-state index is 0.480. The molecule has 2 rings (SSSR count). The third-order valence-corrected chi connectivity index (χ3v) is 4.19. The maximum Gasteiger partial charge on any atom is -0.00230 e. The monoisotopic (exact) mass is 181 g/mol. The van der Waals surface area contributed by atoms with Crippen LogP contribution in [-0.2, 0) is 0 Å². The van der Waals surface area contributed by atoms with E-state index in [2.05, 4.69) is 13.8 Å². The van der Waals surface area contributed by atoms with Crippen LogP contribution in [0.15, 0.2) is 0 Å². The molecule has 1 heteroatoms. The largest absolute Gasteiger partial charge is 0.330 e. The Labute approximate surface area is 82.1 Å². The maximum atomic E-state index is 5.88. The van der Waals surface area contributed by atoms with Crippen molar-refractivity contribution in [1.29, 1.82) is 0 Å². The zero-order valence-corrected chi connectivity index (χ0v) is 9.05. The summed E-state index contributed by atoms with van der Waals surface area (Å²) in [5, 5.41) is 0. The standard InChI is InChI=1S/C12H23N/c1-9-3-10-5-11(4-9)7-12(2,6-10)8-13/h9-11H,3-8,13H2,1-2H3. The van der Waals surface area contributed by atoms with Gasteiger partial charge < -0.3 is 5.73 Å². The van der Waals surface area contributed by atoms with Gasteiger partial charge >= 0.3 is 0 Å². The molecule has 2 N–H and O–H groups in total. The molecule has 0 heterocycles. The van der Waals surface area contributed by atoms with E-state index >= 15 is 0 Å². The highest BCUT2D eigenvalue weighted by atomic mass is 14.6. The fourth-order valence-electron chi connectivity index (χ4n) is 3.88. The molecule has 2 aliphatic rings. The number of rotatable bonds is 1. The smallest absolute Gasteiger partial charge is 0.00230 e. The highest BCUT2D eigenvalue weighted by Gasteiger charge is 2.39. The molecule has 0 aromatic carbocycles. The Bertz CT molecular complexity index is 170. The van der Waals surface area contributed by atoms with Gasteiger partial charge in [0.05, 0.1) is 0 Å². The minimum Gasteiger partial charge on any atom is -0.330 e. The summed E-state index contributed by atoms with van der Waals surface area (Å²) in [5.41, 5.74) is 6.36. The summed E-state index contributed by atoms with van der Waals surface area (Å²) in [4.78, 5) is 0. The van der Waals surface area contributed by atoms with Crippen molar-refractivity contribution in [3.05, 3.63) is 0 Å². The van der Waals surface area contributed by atoms with Gasteiger partial charge in [-0.05, 0) is 61.8 Å². The van der Waals surface area contributed by atoms with Crippen molar-refractivity contribution in [2.24, 2.45) is 28.9 Å². The van der Waals surface area contributed by atoms with Crippen LogP contribution in [0.25, 0.3) is 0 Å². The minimum absolute atomic E-state index is 0.480. The van der Waals surface area contributed by atoms with Crippen molar-refractivity contribution in [3.8, 4) is 0 Å². The lowest BCUT2D eigenvalue weighted by Crippen LogP contribution is -2.40. The summed E-state index contributed by atoms with van der Waals surface area (Å²) in [6.07, 6.45) is 7.22. The van der Waals surface area contributed by atoms with Crippen LogP contribution < -0.4 is 5.73 Å². The van der Waals surface area contributed by atoms with E-state index in [4.69, 9.17) is 5.73 Å². The molecule has 0 aromatic heterocycles. The lowest BCUT2D eigenvalue weighted by molar-refractivity contribution is 0.0520. The molecule has 0 radical (unpaired) electrons. The van der Waals surface area contributed by atoms with Gasteiger partial charge in [0.1, 0.15) is 0 Å². The zero-order chi connectivity index (χ0) is 9.47. The van der Waals surface area contributed by atoms with Crippen molar-refractivity contribution in [2.75, 3.05) is 6.54 Å². The molecule has 0 amide bonds. The first-order valence-corrected chi connectivity index (χ1v) is 5.81. The molecule has 2 unspecified atom stereocenters. The Morgan fingerprint density at radius 2 is 1.69 bits per heavy atom. The Morgan fingerprint density at radius 1 is 1.15 bits per heavy atom. The first kappa shape index (κ1) is 9.51. The van der Waals surface area contributed by atoms with E-state index in [0.29, 0.717) is 5.41 Å². The fraction of sp³-hybridized carbons (Fsp3) is 1.00. The second-order valence-corrected chi connectivity index (χ2v) is 5.97. The topological polar surface area (TPSA) is 26.0 Å². The molecular weight excluding hydrogens is 158 g/mol. The lowest BCUT2D eigenvalue weighted by Gasteiger charge is -2.46. The predicted octanol–water partition coefficient (Wildman–Crippen LogP) is 2.80. The highest BCUT2D eigenvalue weighted by Crippen LogP contribution is 2.49. The van der Waals surface area contributed by atoms with Gasteiger partial charge in [0.2, 0.25) is 0 Å². The molecule has 2 atom stereocenters. The van der Waals surface area contributed by atoms with Gasteiger partial charge in [0, 0.05) is 0 Å². The molecule has 0 aromatic rings. The van der Waals surface area contributed by atoms with E-state index in [1.807, 2.05) is 0 Å². The number of nitrogens with two attached hydrogens (primary N) is 1. The molecule has 1 nitrogen and oxygen atoms in total. The van der Waals surface area contributed by atoms with E-state index in [1.54, 1.807) is 0 Å². The van der Waals surface area contributed by atoms with Crippen LogP contribution in [0.4, 0.5) is 0 Å². The van der Waals surface area contributed by atoms with Crippen LogP contribution in [0, 0.1) is 23.2 Å². The van der Waals surface area contributed by atoms with Gasteiger partial charge in [0.15, 0.2) is 0 Å². The van der Waals surface area contributed by atoms with Crippen molar-refractivity contribution in [1.82, 2.24) is 0 Å². The van der Waals surface area contributed by atoms with E-state index in [0.717, 1.165) is 24.3 Å². The summed E-state index contributed by atoms with van der Waals surface area (Å²) in [7, 11) is 0. The number of fused-ring (bicyclic) bond motifs is 2. The Kier molecular flexibility index (Phi) is 2.39. The van der Waals surface area contributed by atoms with E-state index in [1.165, 1.54) is 32.1 Å². The van der Waals surface area contributed by atoms with Crippen molar-refractivity contribution >= 4 is 0 Å². The van der Waals surface area contributed by atoms with Crippen LogP contribution >= 0.6 is 0 Å². The second kappa shape index (κ2) is 3.27. The second-order valence-electron chi connectivity index (χ2n) is 5.97. The SMILES string of the molecule is CC1CC2CC(C1)CC(C)(CN)C2. The molecule has 13 heavy (non-hydrogen) atoms. The Balaban J connectivity index is 2.05. The Hall–Kier alpha value is -0.0400. The number of hydrogen-bond acceptors (Lipinski definition) is 1. The summed E-state index contributed by atoms with van der Waals surface area (Å²) >= 11 is 0. The third kappa shape index (κ3) is 1.90. The summed E-state index contributed by atoms with van der Waals surface area (Å²) < 4.78 is 0. The van der Waals surface area contributed by atoms with E-state index in [-0.39, 0.29) is 0 Å². The first-order chi connectivity index (χ1) is 6.11. The van der Waals surface area contributed by atoms with Crippen LogP contribution in [-0.4, -0.2) is 6.54 Å². The van der Waals surface area contributed by atoms with Crippen molar-refractivity contribution in [3.63, 3.8) is 0 Å². The third-order valence-electron chi connectivity index (χ3n) is 4.19. The quantitative estimate of drug-likeness (QED) is 0.661. The van der Waals surface area contributed by atoms with Crippen molar-refractivity contribution < 1.29 is 0 Å². The molecule has 0 aliphatic heterocycles. The lowest BCUT2D eigenvalue weighted by atomic mass is 9.59. The average Bonchev–Trinajstić information content (AvgIpc) is 2.01. The van der Waals surface area contributed by atoms with Gasteiger partial charge in [-0.3, -0.25) is 0 Å². The molecule has 0 spiro atoms. The van der Waals surface area contributed by atoms with Gasteiger partial charge in [0.25, 0.3) is 0 Å². The molecule has 2 bridgehead atoms. The van der Waals surface area contributed by atoms with Crippen LogP contribution in [0.5, 0.6) is 0 Å². The number of hydrogen-bond donors (Lipinski definition) is 1. The molecule has 2 aliphatic carbocycles. The van der Waals surface area contributed by atoms with Crippen molar-refractivity contribution in [2.45, 2.75) is 46.0 Å². The highest BCUT2D eigenvalue weighted by molar-refractivity contribution is 4.91. The van der Waals surface area contributed by atoms with Crippen LogP contribution in [0.3, 0.4) is 0 Å². The normalized spacial score (nSPS) is 50.5. The zero-order valence-electron chi connectivity index (χ0n) is 9.05. The van der Waals surface area contributed by atoms with E-state index in [9.17, 15) is 0 Å². The molecule has 2 fully saturated rings.